The quantitative estimate of drug-likeness (QED) is 0.820. The predicted molar refractivity (Wildman–Crippen MR) is 78.2 cm³/mol. The van der Waals surface area contributed by atoms with Gasteiger partial charge in [0, 0.05) is 19.1 Å². The van der Waals surface area contributed by atoms with Gasteiger partial charge in [0.2, 0.25) is 15.9 Å². The van der Waals surface area contributed by atoms with Crippen molar-refractivity contribution in [1.29, 1.82) is 5.26 Å². The largest absolute Gasteiger partial charge is 0.352 e. The molecule has 1 aliphatic heterocycles. The van der Waals surface area contributed by atoms with E-state index in [1.807, 2.05) is 0 Å². The Morgan fingerprint density at radius 3 is 2.59 bits per heavy atom. The van der Waals surface area contributed by atoms with E-state index in [0.717, 1.165) is 0 Å². The number of carbonyl (C=O) groups is 1. The molecule has 0 spiro atoms. The summed E-state index contributed by atoms with van der Waals surface area (Å²) in [6, 6.07) is 1.71. The molecule has 2 heterocycles. The van der Waals surface area contributed by atoms with Crippen molar-refractivity contribution in [1.82, 2.24) is 19.8 Å². The lowest BCUT2D eigenvalue weighted by atomic mass is 10.1. The molecule has 0 bridgehead atoms. The van der Waals surface area contributed by atoms with Crippen LogP contribution in [0.2, 0.25) is 0 Å². The van der Waals surface area contributed by atoms with Crippen LogP contribution in [0.3, 0.4) is 0 Å². The number of piperidine rings is 1. The molecule has 1 fully saturated rings. The molecule has 0 saturated carbocycles. The van der Waals surface area contributed by atoms with Crippen molar-refractivity contribution in [2.45, 2.75) is 44.0 Å². The first kappa shape index (κ1) is 16.5. The van der Waals surface area contributed by atoms with Gasteiger partial charge >= 0.3 is 0 Å². The highest BCUT2D eigenvalue weighted by molar-refractivity contribution is 7.89. The summed E-state index contributed by atoms with van der Waals surface area (Å²) in [6.45, 7) is 4.01. The Bertz CT molecular complexity index is 676. The van der Waals surface area contributed by atoms with Gasteiger partial charge in [0.05, 0.1) is 17.5 Å². The molecule has 2 rings (SSSR count). The lowest BCUT2D eigenvalue weighted by molar-refractivity contribution is -0.121. The van der Waals surface area contributed by atoms with Gasteiger partial charge < -0.3 is 5.32 Å². The first-order chi connectivity index (χ1) is 10.4. The maximum atomic E-state index is 12.7. The Morgan fingerprint density at radius 1 is 1.45 bits per heavy atom. The SMILES string of the molecule is Cc1n[nH]c(C)c1S(=O)(=O)N1CCC(NC(=O)CC#N)CC1. The van der Waals surface area contributed by atoms with E-state index in [-0.39, 0.29) is 23.3 Å². The van der Waals surface area contributed by atoms with Crippen molar-refractivity contribution < 1.29 is 13.2 Å². The third kappa shape index (κ3) is 3.28. The number of aromatic nitrogens is 2. The fourth-order valence-electron chi connectivity index (χ4n) is 2.64. The van der Waals surface area contributed by atoms with Crippen LogP contribution in [-0.4, -0.2) is 48.0 Å². The minimum Gasteiger partial charge on any atom is -0.352 e. The maximum Gasteiger partial charge on any atom is 0.246 e. The van der Waals surface area contributed by atoms with Crippen LogP contribution >= 0.6 is 0 Å². The Kier molecular flexibility index (Phi) is 4.83. The fraction of sp³-hybridized carbons (Fsp3) is 0.615. The van der Waals surface area contributed by atoms with Crippen LogP contribution in [0.1, 0.15) is 30.7 Å². The number of hydrogen-bond donors (Lipinski definition) is 2. The fourth-order valence-corrected chi connectivity index (χ4v) is 4.44. The summed E-state index contributed by atoms with van der Waals surface area (Å²) < 4.78 is 26.7. The van der Waals surface area contributed by atoms with Crippen molar-refractivity contribution in [3.8, 4) is 6.07 Å². The van der Waals surface area contributed by atoms with Gasteiger partial charge in [-0.05, 0) is 26.7 Å². The van der Waals surface area contributed by atoms with Crippen LogP contribution in [0.25, 0.3) is 0 Å². The van der Waals surface area contributed by atoms with Gasteiger partial charge in [-0.25, -0.2) is 8.42 Å². The van der Waals surface area contributed by atoms with Crippen LogP contribution in [0.4, 0.5) is 0 Å². The normalized spacial score (nSPS) is 17.1. The number of H-pyrrole nitrogens is 1. The first-order valence-corrected chi connectivity index (χ1v) is 8.48. The lowest BCUT2D eigenvalue weighted by Crippen LogP contribution is -2.46. The molecule has 0 aliphatic carbocycles. The van der Waals surface area contributed by atoms with Gasteiger partial charge in [-0.1, -0.05) is 0 Å². The van der Waals surface area contributed by atoms with E-state index in [9.17, 15) is 13.2 Å². The molecule has 2 N–H and O–H groups in total. The number of nitrogens with one attached hydrogen (secondary N) is 2. The second-order valence-electron chi connectivity index (χ2n) is 5.34. The molecule has 1 aliphatic rings. The second kappa shape index (κ2) is 6.46. The molecule has 0 aromatic carbocycles. The monoisotopic (exact) mass is 325 g/mol. The van der Waals surface area contributed by atoms with Gasteiger partial charge in [0.15, 0.2) is 0 Å². The molecular weight excluding hydrogens is 306 g/mol. The third-order valence-corrected chi connectivity index (χ3v) is 5.88. The number of hydrogen-bond acceptors (Lipinski definition) is 5. The van der Waals surface area contributed by atoms with E-state index >= 15 is 0 Å². The summed E-state index contributed by atoms with van der Waals surface area (Å²) in [5.41, 5.74) is 0.990. The molecule has 0 radical (unpaired) electrons. The number of nitrogens with zero attached hydrogens (tertiary/aromatic N) is 3. The van der Waals surface area contributed by atoms with E-state index < -0.39 is 10.0 Å². The van der Waals surface area contributed by atoms with Crippen LogP contribution in [0.5, 0.6) is 0 Å². The average molecular weight is 325 g/mol. The summed E-state index contributed by atoms with van der Waals surface area (Å²) in [6.07, 6.45) is 0.893. The van der Waals surface area contributed by atoms with E-state index in [4.69, 9.17) is 5.26 Å². The molecule has 0 unspecified atom stereocenters. The number of carbonyl (C=O) groups excluding carboxylic acids is 1. The number of amides is 1. The number of aromatic amines is 1. The summed E-state index contributed by atoms with van der Waals surface area (Å²) in [7, 11) is -3.57. The van der Waals surface area contributed by atoms with Crippen LogP contribution < -0.4 is 5.32 Å². The topological polar surface area (TPSA) is 119 Å². The summed E-state index contributed by atoms with van der Waals surface area (Å²) in [4.78, 5) is 11.6. The lowest BCUT2D eigenvalue weighted by Gasteiger charge is -2.31. The molecule has 1 aromatic heterocycles. The highest BCUT2D eigenvalue weighted by atomic mass is 32.2. The minimum atomic E-state index is -3.57. The summed E-state index contributed by atoms with van der Waals surface area (Å²) in [5.74, 6) is -0.315. The van der Waals surface area contributed by atoms with Crippen molar-refractivity contribution in [3.05, 3.63) is 11.4 Å². The molecule has 22 heavy (non-hydrogen) atoms. The predicted octanol–water partition coefficient (Wildman–Crippen LogP) is 0.210. The van der Waals surface area contributed by atoms with Crippen molar-refractivity contribution in [2.75, 3.05) is 13.1 Å². The molecular formula is C13H19N5O3S. The third-order valence-electron chi connectivity index (χ3n) is 3.72. The summed E-state index contributed by atoms with van der Waals surface area (Å²) >= 11 is 0. The Labute approximate surface area is 129 Å². The maximum absolute atomic E-state index is 12.7. The van der Waals surface area contributed by atoms with Gasteiger partial charge in [-0.3, -0.25) is 9.89 Å². The first-order valence-electron chi connectivity index (χ1n) is 7.04. The molecule has 120 valence electrons. The standard InChI is InChI=1S/C13H19N5O3S/c1-9-13(10(2)17-16-9)22(20,21)18-7-4-11(5-8-18)15-12(19)3-6-14/h11H,3-5,7-8H2,1-2H3,(H,15,19)(H,16,17). The number of aryl methyl sites for hydroxylation is 2. The Morgan fingerprint density at radius 2 is 2.09 bits per heavy atom. The van der Waals surface area contributed by atoms with Gasteiger partial charge in [0.1, 0.15) is 11.3 Å². The van der Waals surface area contributed by atoms with Crippen molar-refractivity contribution >= 4 is 15.9 Å². The second-order valence-corrected chi connectivity index (χ2v) is 7.22. The number of sulfonamides is 1. The zero-order valence-electron chi connectivity index (χ0n) is 12.6. The molecule has 0 atom stereocenters. The Hall–Kier alpha value is -1.92. The molecule has 1 amide bonds. The van der Waals surface area contributed by atoms with E-state index in [1.165, 1.54) is 4.31 Å². The molecule has 1 saturated heterocycles. The highest BCUT2D eigenvalue weighted by Crippen LogP contribution is 2.24. The zero-order chi connectivity index (χ0) is 16.3. The van der Waals surface area contributed by atoms with Crippen molar-refractivity contribution in [3.63, 3.8) is 0 Å². The van der Waals surface area contributed by atoms with Crippen LogP contribution in [-0.2, 0) is 14.8 Å². The summed E-state index contributed by atoms with van der Waals surface area (Å²) in [5, 5.41) is 17.8. The molecule has 8 nitrogen and oxygen atoms in total. The van der Waals surface area contributed by atoms with Gasteiger partial charge in [0.25, 0.3) is 0 Å². The highest BCUT2D eigenvalue weighted by Gasteiger charge is 2.33. The zero-order valence-corrected chi connectivity index (χ0v) is 13.4. The van der Waals surface area contributed by atoms with Gasteiger partial charge in [-0.15, -0.1) is 0 Å². The minimum absolute atomic E-state index is 0.0844. The van der Waals surface area contributed by atoms with Gasteiger partial charge in [-0.2, -0.15) is 14.7 Å². The smallest absolute Gasteiger partial charge is 0.246 e. The average Bonchev–Trinajstić information content (AvgIpc) is 2.79. The number of rotatable bonds is 4. The number of nitriles is 1. The van der Waals surface area contributed by atoms with Crippen molar-refractivity contribution in [2.24, 2.45) is 0 Å². The Balaban J connectivity index is 2.03. The molecule has 9 heteroatoms. The van der Waals surface area contributed by atoms with Crippen LogP contribution in [0.15, 0.2) is 4.90 Å². The van der Waals surface area contributed by atoms with E-state index in [0.29, 0.717) is 37.3 Å². The van der Waals surface area contributed by atoms with E-state index in [2.05, 4.69) is 15.5 Å². The van der Waals surface area contributed by atoms with Crippen LogP contribution in [0, 0.1) is 25.2 Å². The van der Waals surface area contributed by atoms with E-state index in [1.54, 1.807) is 19.9 Å². The molecule has 1 aromatic rings.